The van der Waals surface area contributed by atoms with Gasteiger partial charge in [0.05, 0.1) is 12.5 Å². The zero-order valence-electron chi connectivity index (χ0n) is 12.2. The van der Waals surface area contributed by atoms with E-state index in [2.05, 4.69) is 5.32 Å². The van der Waals surface area contributed by atoms with Crippen molar-refractivity contribution in [2.75, 3.05) is 7.05 Å². The largest absolute Gasteiger partial charge is 0.480 e. The summed E-state index contributed by atoms with van der Waals surface area (Å²) in [7, 11) is 1.59. The van der Waals surface area contributed by atoms with E-state index in [1.54, 1.807) is 14.0 Å². The second-order valence-electron chi connectivity index (χ2n) is 5.55. The minimum Gasteiger partial charge on any atom is -0.480 e. The van der Waals surface area contributed by atoms with Gasteiger partial charge in [0.2, 0.25) is 0 Å². The Labute approximate surface area is 119 Å². The van der Waals surface area contributed by atoms with Crippen molar-refractivity contribution >= 4 is 12.0 Å². The number of amides is 2. The summed E-state index contributed by atoms with van der Waals surface area (Å²) in [6, 6.07) is 1.35. The van der Waals surface area contributed by atoms with Crippen molar-refractivity contribution in [3.63, 3.8) is 0 Å². The summed E-state index contributed by atoms with van der Waals surface area (Å²) in [4.78, 5) is 25.2. The SMILES string of the molecule is CC(CC#N)N(C)C(=O)NC1(C(=O)O)CCCCCC1. The third-order valence-electron chi connectivity index (χ3n) is 4.08. The molecule has 0 aromatic heterocycles. The molecule has 0 heterocycles. The minimum atomic E-state index is -1.16. The Morgan fingerprint density at radius 2 is 1.90 bits per heavy atom. The molecule has 1 atom stereocenters. The van der Waals surface area contributed by atoms with E-state index in [0.29, 0.717) is 12.8 Å². The van der Waals surface area contributed by atoms with Crippen molar-refractivity contribution in [3.05, 3.63) is 0 Å². The highest BCUT2D eigenvalue weighted by molar-refractivity contribution is 5.86. The van der Waals surface area contributed by atoms with Crippen LogP contribution in [0.3, 0.4) is 0 Å². The first-order valence-electron chi connectivity index (χ1n) is 7.08. The number of nitrogens with zero attached hydrogens (tertiary/aromatic N) is 2. The van der Waals surface area contributed by atoms with E-state index in [-0.39, 0.29) is 12.5 Å². The van der Waals surface area contributed by atoms with Crippen molar-refractivity contribution in [1.82, 2.24) is 10.2 Å². The Bertz CT molecular complexity index is 395. The van der Waals surface area contributed by atoms with E-state index in [1.807, 2.05) is 6.07 Å². The summed E-state index contributed by atoms with van der Waals surface area (Å²) in [6.45, 7) is 1.77. The fourth-order valence-electron chi connectivity index (χ4n) is 2.49. The van der Waals surface area contributed by atoms with E-state index in [9.17, 15) is 14.7 Å². The number of nitriles is 1. The smallest absolute Gasteiger partial charge is 0.329 e. The highest BCUT2D eigenvalue weighted by Gasteiger charge is 2.40. The van der Waals surface area contributed by atoms with Crippen LogP contribution in [0.4, 0.5) is 4.79 Å². The van der Waals surface area contributed by atoms with Crippen molar-refractivity contribution < 1.29 is 14.7 Å². The normalized spacial score (nSPS) is 19.2. The van der Waals surface area contributed by atoms with Crippen molar-refractivity contribution in [2.45, 2.75) is 63.5 Å². The fourth-order valence-corrected chi connectivity index (χ4v) is 2.49. The molecule has 6 nitrogen and oxygen atoms in total. The van der Waals surface area contributed by atoms with Crippen LogP contribution >= 0.6 is 0 Å². The number of carboxylic acids is 1. The summed E-state index contributed by atoms with van der Waals surface area (Å²) in [5.41, 5.74) is -1.16. The molecule has 1 fully saturated rings. The molecule has 112 valence electrons. The average Bonchev–Trinajstić information content (AvgIpc) is 2.64. The van der Waals surface area contributed by atoms with Gasteiger partial charge >= 0.3 is 12.0 Å². The van der Waals surface area contributed by atoms with Gasteiger partial charge < -0.3 is 15.3 Å². The van der Waals surface area contributed by atoms with Gasteiger partial charge in [-0.25, -0.2) is 9.59 Å². The molecule has 0 spiro atoms. The summed E-state index contributed by atoms with van der Waals surface area (Å²) in [6.07, 6.45) is 4.79. The Morgan fingerprint density at radius 1 is 1.35 bits per heavy atom. The second-order valence-corrected chi connectivity index (χ2v) is 5.55. The van der Waals surface area contributed by atoms with Gasteiger partial charge in [0, 0.05) is 13.1 Å². The zero-order valence-corrected chi connectivity index (χ0v) is 12.2. The van der Waals surface area contributed by atoms with Crippen molar-refractivity contribution in [1.29, 1.82) is 5.26 Å². The van der Waals surface area contributed by atoms with Gasteiger partial charge in [0.25, 0.3) is 0 Å². The van der Waals surface area contributed by atoms with Gasteiger partial charge in [-0.1, -0.05) is 25.7 Å². The zero-order chi connectivity index (χ0) is 15.2. The molecule has 1 rings (SSSR count). The first kappa shape index (κ1) is 16.3. The predicted molar refractivity (Wildman–Crippen MR) is 74.1 cm³/mol. The first-order valence-corrected chi connectivity index (χ1v) is 7.08. The molecule has 2 N–H and O–H groups in total. The van der Waals surface area contributed by atoms with Crippen molar-refractivity contribution in [3.8, 4) is 6.07 Å². The maximum atomic E-state index is 12.2. The number of carbonyl (C=O) groups is 2. The summed E-state index contributed by atoms with van der Waals surface area (Å²) >= 11 is 0. The molecule has 0 aromatic carbocycles. The molecular weight excluding hydrogens is 258 g/mol. The molecule has 1 saturated carbocycles. The second kappa shape index (κ2) is 7.13. The third kappa shape index (κ3) is 3.86. The summed E-state index contributed by atoms with van der Waals surface area (Å²) in [5, 5.41) is 20.9. The van der Waals surface area contributed by atoms with Gasteiger partial charge in [-0.2, -0.15) is 5.26 Å². The lowest BCUT2D eigenvalue weighted by molar-refractivity contribution is -0.145. The lowest BCUT2D eigenvalue weighted by Crippen LogP contribution is -2.58. The van der Waals surface area contributed by atoms with Crippen LogP contribution in [-0.2, 0) is 4.79 Å². The van der Waals surface area contributed by atoms with Crippen LogP contribution in [0.15, 0.2) is 0 Å². The quantitative estimate of drug-likeness (QED) is 0.772. The van der Waals surface area contributed by atoms with E-state index in [4.69, 9.17) is 5.26 Å². The van der Waals surface area contributed by atoms with Crippen LogP contribution in [0.1, 0.15) is 51.9 Å². The van der Waals surface area contributed by atoms with Crippen LogP contribution < -0.4 is 5.32 Å². The highest BCUT2D eigenvalue weighted by atomic mass is 16.4. The van der Waals surface area contributed by atoms with Gasteiger partial charge in [0.1, 0.15) is 5.54 Å². The molecule has 1 aliphatic carbocycles. The predicted octanol–water partition coefficient (Wildman–Crippen LogP) is 2.11. The van der Waals surface area contributed by atoms with Crippen molar-refractivity contribution in [2.24, 2.45) is 0 Å². The molecule has 1 aliphatic rings. The number of aliphatic carboxylic acids is 1. The van der Waals surface area contributed by atoms with E-state index in [1.165, 1.54) is 4.90 Å². The fraction of sp³-hybridized carbons (Fsp3) is 0.786. The van der Waals surface area contributed by atoms with Gasteiger partial charge in [-0.3, -0.25) is 0 Å². The lowest BCUT2D eigenvalue weighted by atomic mass is 9.90. The number of hydrogen-bond donors (Lipinski definition) is 2. The number of hydrogen-bond acceptors (Lipinski definition) is 3. The highest BCUT2D eigenvalue weighted by Crippen LogP contribution is 2.27. The Morgan fingerprint density at radius 3 is 2.35 bits per heavy atom. The number of nitrogens with one attached hydrogen (secondary N) is 1. The molecule has 0 saturated heterocycles. The maximum Gasteiger partial charge on any atom is 0.329 e. The van der Waals surface area contributed by atoms with Crippen LogP contribution in [0, 0.1) is 11.3 Å². The lowest BCUT2D eigenvalue weighted by Gasteiger charge is -2.33. The maximum absolute atomic E-state index is 12.2. The Balaban J connectivity index is 2.77. The molecule has 2 amide bonds. The van der Waals surface area contributed by atoms with E-state index in [0.717, 1.165) is 25.7 Å². The van der Waals surface area contributed by atoms with E-state index < -0.39 is 17.5 Å². The van der Waals surface area contributed by atoms with Crippen LogP contribution in [0.5, 0.6) is 0 Å². The molecule has 0 bridgehead atoms. The number of carbonyl (C=O) groups excluding carboxylic acids is 1. The molecule has 1 unspecified atom stereocenters. The van der Waals surface area contributed by atoms with E-state index >= 15 is 0 Å². The van der Waals surface area contributed by atoms with Crippen LogP contribution in [0.25, 0.3) is 0 Å². The average molecular weight is 281 g/mol. The number of carboxylic acid groups (broad SMARTS) is 1. The van der Waals surface area contributed by atoms with Gasteiger partial charge in [0.15, 0.2) is 0 Å². The monoisotopic (exact) mass is 281 g/mol. The van der Waals surface area contributed by atoms with Crippen LogP contribution in [0.2, 0.25) is 0 Å². The van der Waals surface area contributed by atoms with Gasteiger partial charge in [-0.05, 0) is 19.8 Å². The molecule has 0 aromatic rings. The van der Waals surface area contributed by atoms with Gasteiger partial charge in [-0.15, -0.1) is 0 Å². The molecule has 6 heteroatoms. The standard InChI is InChI=1S/C14H23N3O3/c1-11(7-10-15)17(2)13(20)16-14(12(18)19)8-5-3-4-6-9-14/h11H,3-9H2,1-2H3,(H,16,20)(H,18,19). The molecule has 0 radical (unpaired) electrons. The topological polar surface area (TPSA) is 93.4 Å². The molecule has 0 aliphatic heterocycles. The molecular formula is C14H23N3O3. The van der Waals surface area contributed by atoms with Crippen LogP contribution in [-0.4, -0.2) is 40.6 Å². The third-order valence-corrected chi connectivity index (χ3v) is 4.08. The summed E-state index contributed by atoms with van der Waals surface area (Å²) < 4.78 is 0. The molecule has 20 heavy (non-hydrogen) atoms. The number of urea groups is 1. The summed E-state index contributed by atoms with van der Waals surface area (Å²) in [5.74, 6) is -0.964. The Hall–Kier alpha value is -1.77. The minimum absolute atomic E-state index is 0.226. The number of rotatable bonds is 4. The first-order chi connectivity index (χ1) is 9.43. The Kier molecular flexibility index (Phi) is 5.81.